The third-order valence-electron chi connectivity index (χ3n) is 5.17. The van der Waals surface area contributed by atoms with Crippen molar-refractivity contribution in [3.63, 3.8) is 0 Å². The molecule has 0 spiro atoms. The van der Waals surface area contributed by atoms with E-state index >= 15 is 0 Å². The molecule has 10 heteroatoms. The molecular weight excluding hydrogens is 401 g/mol. The van der Waals surface area contributed by atoms with Gasteiger partial charge in [0.1, 0.15) is 11.4 Å². The van der Waals surface area contributed by atoms with Crippen LogP contribution in [0.1, 0.15) is 16.1 Å². The number of hydrogen-bond acceptors (Lipinski definition) is 4. The maximum Gasteiger partial charge on any atom is 0.416 e. The Morgan fingerprint density at radius 3 is 2.37 bits per heavy atom. The summed E-state index contributed by atoms with van der Waals surface area (Å²) in [7, 11) is 0. The van der Waals surface area contributed by atoms with Gasteiger partial charge in [0.15, 0.2) is 0 Å². The van der Waals surface area contributed by atoms with E-state index in [-0.39, 0.29) is 24.7 Å². The summed E-state index contributed by atoms with van der Waals surface area (Å²) in [4.78, 5) is 29.6. The first-order chi connectivity index (χ1) is 14.2. The molecule has 1 aliphatic rings. The number of rotatable bonds is 3. The van der Waals surface area contributed by atoms with E-state index < -0.39 is 22.4 Å². The van der Waals surface area contributed by atoms with Crippen LogP contribution in [0.25, 0.3) is 10.9 Å². The fourth-order valence-corrected chi connectivity index (χ4v) is 3.62. The lowest BCUT2D eigenvalue weighted by Gasteiger charge is -2.35. The summed E-state index contributed by atoms with van der Waals surface area (Å²) in [6.45, 7) is 1.15. The average molecular weight is 418 g/mol. The number of nitro groups is 1. The predicted octanol–water partition coefficient (Wildman–Crippen LogP) is 4.06. The molecule has 2 aromatic carbocycles. The third-order valence-corrected chi connectivity index (χ3v) is 5.17. The number of carbonyl (C=O) groups excluding carboxylic acids is 1. The van der Waals surface area contributed by atoms with Gasteiger partial charge in [-0.3, -0.25) is 14.9 Å². The van der Waals surface area contributed by atoms with Crippen LogP contribution in [-0.2, 0) is 6.18 Å². The maximum atomic E-state index is 12.9. The van der Waals surface area contributed by atoms with Crippen LogP contribution in [-0.4, -0.2) is 46.9 Å². The first-order valence-electron chi connectivity index (χ1n) is 9.21. The van der Waals surface area contributed by atoms with Gasteiger partial charge >= 0.3 is 6.18 Å². The van der Waals surface area contributed by atoms with E-state index in [0.717, 1.165) is 23.0 Å². The number of halogens is 3. The van der Waals surface area contributed by atoms with Crippen molar-refractivity contribution in [1.29, 1.82) is 0 Å². The minimum absolute atomic E-state index is 0.116. The SMILES string of the molecule is O=C(c1cc2ccccc2[nH]1)N1CCN(c2ccc(C(F)(F)F)cc2[N+](=O)[O-])CC1. The summed E-state index contributed by atoms with van der Waals surface area (Å²) in [5.41, 5.74) is -0.249. The number of H-pyrrole nitrogens is 1. The van der Waals surface area contributed by atoms with Gasteiger partial charge < -0.3 is 14.8 Å². The van der Waals surface area contributed by atoms with E-state index in [1.54, 1.807) is 15.9 Å². The van der Waals surface area contributed by atoms with Crippen molar-refractivity contribution < 1.29 is 22.9 Å². The van der Waals surface area contributed by atoms with Gasteiger partial charge in [0.2, 0.25) is 0 Å². The van der Waals surface area contributed by atoms with Crippen molar-refractivity contribution in [3.05, 3.63) is 69.9 Å². The number of nitro benzene ring substituents is 1. The number of carbonyl (C=O) groups is 1. The second kappa shape index (κ2) is 7.36. The van der Waals surface area contributed by atoms with Gasteiger partial charge in [0, 0.05) is 43.1 Å². The zero-order chi connectivity index (χ0) is 21.5. The molecule has 0 aliphatic carbocycles. The molecule has 1 aliphatic heterocycles. The van der Waals surface area contributed by atoms with Crippen molar-refractivity contribution in [2.24, 2.45) is 0 Å². The second-order valence-corrected chi connectivity index (χ2v) is 7.01. The maximum absolute atomic E-state index is 12.9. The Kier molecular flexibility index (Phi) is 4.84. The van der Waals surface area contributed by atoms with E-state index in [1.807, 2.05) is 24.3 Å². The summed E-state index contributed by atoms with van der Waals surface area (Å²) in [5.74, 6) is -0.187. The smallest absolute Gasteiger partial charge is 0.362 e. The number of aromatic amines is 1. The van der Waals surface area contributed by atoms with Gasteiger partial charge in [0.25, 0.3) is 11.6 Å². The van der Waals surface area contributed by atoms with Gasteiger partial charge in [-0.25, -0.2) is 0 Å². The monoisotopic (exact) mass is 418 g/mol. The number of piperazine rings is 1. The van der Waals surface area contributed by atoms with Gasteiger partial charge in [-0.2, -0.15) is 13.2 Å². The molecule has 1 amide bonds. The van der Waals surface area contributed by atoms with Crippen molar-refractivity contribution in [2.45, 2.75) is 6.18 Å². The minimum Gasteiger partial charge on any atom is -0.362 e. The lowest BCUT2D eigenvalue weighted by Crippen LogP contribution is -2.49. The van der Waals surface area contributed by atoms with E-state index in [1.165, 1.54) is 0 Å². The standard InChI is InChI=1S/C20H17F3N4O3/c21-20(22,23)14-5-6-17(18(12-14)27(29)30)25-7-9-26(10-8-25)19(28)16-11-13-3-1-2-4-15(13)24-16/h1-6,11-12,24H,7-10H2. The van der Waals surface area contributed by atoms with Crippen LogP contribution in [0.2, 0.25) is 0 Å². The van der Waals surface area contributed by atoms with Crippen LogP contribution in [0.5, 0.6) is 0 Å². The molecule has 0 bridgehead atoms. The first kappa shape index (κ1) is 19.7. The number of anilines is 1. The molecule has 0 unspecified atom stereocenters. The topological polar surface area (TPSA) is 82.5 Å². The zero-order valence-electron chi connectivity index (χ0n) is 15.6. The molecule has 0 atom stereocenters. The molecule has 0 saturated carbocycles. The van der Waals surface area contributed by atoms with E-state index in [9.17, 15) is 28.1 Å². The van der Waals surface area contributed by atoms with Crippen LogP contribution in [0.15, 0.2) is 48.5 Å². The van der Waals surface area contributed by atoms with Gasteiger partial charge in [-0.05, 0) is 24.3 Å². The Hall–Kier alpha value is -3.56. The Bertz CT molecular complexity index is 1080. The number of nitrogens with zero attached hydrogens (tertiary/aromatic N) is 3. The number of alkyl halides is 3. The molecule has 1 fully saturated rings. The highest BCUT2D eigenvalue weighted by Gasteiger charge is 2.34. The number of para-hydroxylation sites is 1. The highest BCUT2D eigenvalue weighted by Crippen LogP contribution is 2.36. The Labute approximate surface area is 168 Å². The highest BCUT2D eigenvalue weighted by atomic mass is 19.4. The Morgan fingerprint density at radius 2 is 1.73 bits per heavy atom. The zero-order valence-corrected chi connectivity index (χ0v) is 15.6. The molecule has 1 N–H and O–H groups in total. The first-order valence-corrected chi connectivity index (χ1v) is 9.21. The summed E-state index contributed by atoms with van der Waals surface area (Å²) in [5, 5.41) is 12.2. The fourth-order valence-electron chi connectivity index (χ4n) is 3.62. The molecule has 1 aromatic heterocycles. The molecule has 3 aromatic rings. The number of benzene rings is 2. The lowest BCUT2D eigenvalue weighted by molar-refractivity contribution is -0.384. The molecule has 1 saturated heterocycles. The van der Waals surface area contributed by atoms with Gasteiger partial charge in [-0.15, -0.1) is 0 Å². The summed E-state index contributed by atoms with van der Waals surface area (Å²) in [6.07, 6.45) is -4.66. The average Bonchev–Trinajstić information content (AvgIpc) is 3.16. The molecule has 30 heavy (non-hydrogen) atoms. The highest BCUT2D eigenvalue weighted by molar-refractivity contribution is 5.98. The summed E-state index contributed by atoms with van der Waals surface area (Å²) >= 11 is 0. The molecule has 7 nitrogen and oxygen atoms in total. The van der Waals surface area contributed by atoms with Crippen molar-refractivity contribution in [2.75, 3.05) is 31.1 Å². The largest absolute Gasteiger partial charge is 0.416 e. The minimum atomic E-state index is -4.66. The quantitative estimate of drug-likeness (QED) is 0.514. The number of amides is 1. The Morgan fingerprint density at radius 1 is 1.03 bits per heavy atom. The molecule has 0 radical (unpaired) electrons. The molecule has 156 valence electrons. The van der Waals surface area contributed by atoms with Gasteiger partial charge in [-0.1, -0.05) is 18.2 Å². The number of aromatic nitrogens is 1. The normalized spacial score (nSPS) is 14.9. The number of nitrogens with one attached hydrogen (secondary N) is 1. The molecule has 2 heterocycles. The summed E-state index contributed by atoms with van der Waals surface area (Å²) in [6, 6.07) is 11.8. The molecular formula is C20H17F3N4O3. The fraction of sp³-hybridized carbons (Fsp3) is 0.250. The predicted molar refractivity (Wildman–Crippen MR) is 105 cm³/mol. The van der Waals surface area contributed by atoms with Crippen LogP contribution in [0.3, 0.4) is 0 Å². The number of fused-ring (bicyclic) bond motifs is 1. The van der Waals surface area contributed by atoms with Crippen LogP contribution < -0.4 is 4.90 Å². The molecule has 4 rings (SSSR count). The summed E-state index contributed by atoms with van der Waals surface area (Å²) < 4.78 is 38.7. The van der Waals surface area contributed by atoms with Crippen LogP contribution in [0, 0.1) is 10.1 Å². The second-order valence-electron chi connectivity index (χ2n) is 7.01. The van der Waals surface area contributed by atoms with E-state index in [4.69, 9.17) is 0 Å². The number of hydrogen-bond donors (Lipinski definition) is 1. The van der Waals surface area contributed by atoms with Crippen molar-refractivity contribution in [1.82, 2.24) is 9.88 Å². The van der Waals surface area contributed by atoms with Crippen molar-refractivity contribution in [3.8, 4) is 0 Å². The van der Waals surface area contributed by atoms with E-state index in [0.29, 0.717) is 24.8 Å². The van der Waals surface area contributed by atoms with E-state index in [2.05, 4.69) is 4.98 Å². The van der Waals surface area contributed by atoms with Crippen LogP contribution in [0.4, 0.5) is 24.5 Å². The van der Waals surface area contributed by atoms with Crippen LogP contribution >= 0.6 is 0 Å². The Balaban J connectivity index is 1.50. The lowest BCUT2D eigenvalue weighted by atomic mass is 10.1. The van der Waals surface area contributed by atoms with Gasteiger partial charge in [0.05, 0.1) is 10.5 Å². The van der Waals surface area contributed by atoms with Crippen molar-refractivity contribution >= 4 is 28.2 Å². The third kappa shape index (κ3) is 3.68.